The number of hydrogen-bond donors (Lipinski definition) is 0. The van der Waals surface area contributed by atoms with Crippen LogP contribution in [0.5, 0.6) is 0 Å². The van der Waals surface area contributed by atoms with Crippen LogP contribution >= 0.6 is 11.3 Å². The molecule has 0 aliphatic heterocycles. The smallest absolute Gasteiger partial charge is 0.254 e. The van der Waals surface area contributed by atoms with Crippen LogP contribution in [0.3, 0.4) is 0 Å². The number of nitrogens with zero attached hydrogens (tertiary/aromatic N) is 3. The minimum atomic E-state index is 0.138. The van der Waals surface area contributed by atoms with E-state index >= 15 is 0 Å². The fraction of sp³-hybridized carbons (Fsp3) is 0.364. The van der Waals surface area contributed by atoms with Crippen LogP contribution in [0.15, 0.2) is 42.5 Å². The molecule has 0 bridgehead atoms. The number of aryl methyl sites for hydroxylation is 3. The van der Waals surface area contributed by atoms with Gasteiger partial charge in [0.2, 0.25) is 0 Å². The largest absolute Gasteiger partial charge is 0.331 e. The highest BCUT2D eigenvalue weighted by atomic mass is 32.1. The van der Waals surface area contributed by atoms with Crippen LogP contribution in [-0.4, -0.2) is 26.6 Å². The van der Waals surface area contributed by atoms with Gasteiger partial charge in [-0.25, -0.2) is 0 Å². The molecular weight excluding hydrogens is 354 g/mol. The van der Waals surface area contributed by atoms with Gasteiger partial charge < -0.3 is 4.90 Å². The van der Waals surface area contributed by atoms with Crippen molar-refractivity contribution < 1.29 is 4.79 Å². The van der Waals surface area contributed by atoms with Crippen molar-refractivity contribution >= 4 is 17.2 Å². The summed E-state index contributed by atoms with van der Waals surface area (Å²) >= 11 is 1.78. The monoisotopic (exact) mass is 379 g/mol. The first-order chi connectivity index (χ1) is 13.0. The summed E-state index contributed by atoms with van der Waals surface area (Å²) in [5, 5.41) is 4.53. The van der Waals surface area contributed by atoms with Gasteiger partial charge in [-0.05, 0) is 69.5 Å². The molecule has 0 N–H and O–H groups in total. The Labute approximate surface area is 164 Å². The predicted octanol–water partition coefficient (Wildman–Crippen LogP) is 4.72. The Morgan fingerprint density at radius 3 is 2.63 bits per heavy atom. The molecule has 1 fully saturated rings. The van der Waals surface area contributed by atoms with Gasteiger partial charge in [0.05, 0.1) is 18.8 Å². The lowest BCUT2D eigenvalue weighted by atomic mass is 10.1. The van der Waals surface area contributed by atoms with Gasteiger partial charge in [0.15, 0.2) is 0 Å². The highest BCUT2D eigenvalue weighted by Crippen LogP contribution is 2.31. The molecule has 3 aromatic rings. The Hall–Kier alpha value is -2.40. The maximum atomic E-state index is 13.2. The van der Waals surface area contributed by atoms with E-state index in [4.69, 9.17) is 0 Å². The zero-order valence-corrected chi connectivity index (χ0v) is 16.9. The molecule has 0 atom stereocenters. The number of carbonyl (C=O) groups excluding carboxylic acids is 1. The van der Waals surface area contributed by atoms with Crippen molar-refractivity contribution in [3.8, 4) is 0 Å². The van der Waals surface area contributed by atoms with E-state index in [0.29, 0.717) is 19.1 Å². The van der Waals surface area contributed by atoms with Crippen LogP contribution in [0.1, 0.15) is 49.9 Å². The van der Waals surface area contributed by atoms with Gasteiger partial charge in [0.25, 0.3) is 5.91 Å². The molecule has 1 aliphatic carbocycles. The zero-order chi connectivity index (χ0) is 19.0. The lowest BCUT2D eigenvalue weighted by molar-refractivity contribution is 0.0731. The number of rotatable bonds is 6. The first-order valence-electron chi connectivity index (χ1n) is 9.46. The first-order valence-corrected chi connectivity index (χ1v) is 10.3. The summed E-state index contributed by atoms with van der Waals surface area (Å²) in [6.07, 6.45) is 2.23. The summed E-state index contributed by atoms with van der Waals surface area (Å²) in [4.78, 5) is 17.8. The van der Waals surface area contributed by atoms with Crippen LogP contribution in [0, 0.1) is 20.8 Å². The van der Waals surface area contributed by atoms with E-state index in [2.05, 4.69) is 43.2 Å². The third-order valence-electron chi connectivity index (χ3n) is 4.98. The van der Waals surface area contributed by atoms with E-state index in [1.54, 1.807) is 11.3 Å². The lowest BCUT2D eigenvalue weighted by Gasteiger charge is -2.22. The van der Waals surface area contributed by atoms with Gasteiger partial charge in [-0.3, -0.25) is 9.48 Å². The van der Waals surface area contributed by atoms with Crippen molar-refractivity contribution in [2.24, 2.45) is 0 Å². The van der Waals surface area contributed by atoms with E-state index < -0.39 is 0 Å². The maximum Gasteiger partial charge on any atom is 0.254 e. The molecule has 4 nitrogen and oxygen atoms in total. The van der Waals surface area contributed by atoms with Crippen molar-refractivity contribution in [2.75, 3.05) is 0 Å². The van der Waals surface area contributed by atoms with Crippen molar-refractivity contribution in [3.63, 3.8) is 0 Å². The zero-order valence-electron chi connectivity index (χ0n) is 16.1. The average molecular weight is 380 g/mol. The molecule has 0 spiro atoms. The fourth-order valence-corrected chi connectivity index (χ4v) is 4.36. The summed E-state index contributed by atoms with van der Waals surface area (Å²) in [5.74, 6) is 0.138. The van der Waals surface area contributed by atoms with Crippen molar-refractivity contribution in [3.05, 3.63) is 74.7 Å². The highest BCUT2D eigenvalue weighted by molar-refractivity contribution is 7.11. The molecule has 1 saturated carbocycles. The third kappa shape index (κ3) is 4.14. The Balaban J connectivity index is 1.54. The fourth-order valence-electron chi connectivity index (χ4n) is 3.47. The van der Waals surface area contributed by atoms with Crippen LogP contribution < -0.4 is 0 Å². The van der Waals surface area contributed by atoms with Crippen molar-refractivity contribution in [1.29, 1.82) is 0 Å². The second kappa shape index (κ2) is 7.31. The van der Waals surface area contributed by atoms with Gasteiger partial charge in [0, 0.05) is 27.1 Å². The Morgan fingerprint density at radius 2 is 2.00 bits per heavy atom. The van der Waals surface area contributed by atoms with Crippen LogP contribution in [0.25, 0.3) is 0 Å². The summed E-state index contributed by atoms with van der Waals surface area (Å²) in [6, 6.07) is 14.7. The van der Waals surface area contributed by atoms with Crippen molar-refractivity contribution in [2.45, 2.75) is 52.7 Å². The average Bonchev–Trinajstić information content (AvgIpc) is 3.32. The van der Waals surface area contributed by atoms with Crippen molar-refractivity contribution in [1.82, 2.24) is 14.7 Å². The molecule has 0 saturated heterocycles. The van der Waals surface area contributed by atoms with E-state index in [9.17, 15) is 4.79 Å². The molecule has 2 aromatic heterocycles. The molecule has 0 radical (unpaired) electrons. The second-order valence-corrected chi connectivity index (χ2v) is 8.83. The summed E-state index contributed by atoms with van der Waals surface area (Å²) in [5.41, 5.74) is 4.03. The number of thiophene rings is 1. The minimum Gasteiger partial charge on any atom is -0.331 e. The standard InChI is InChI=1S/C22H25N3OS/c1-15-11-16(2)25(23-15)13-18-5-4-6-19(12-18)22(26)24(20-8-9-20)14-21-10-7-17(3)27-21/h4-7,10-12,20H,8-9,13-14H2,1-3H3. The SMILES string of the molecule is Cc1cc(C)n(Cc2cccc(C(=O)N(Cc3ccc(C)s3)C3CC3)c2)n1. The molecule has 1 aromatic carbocycles. The second-order valence-electron chi connectivity index (χ2n) is 7.46. The number of amides is 1. The molecule has 1 amide bonds. The first kappa shape index (κ1) is 18.0. The molecule has 4 rings (SSSR count). The number of hydrogen-bond acceptors (Lipinski definition) is 3. The molecule has 5 heteroatoms. The normalized spacial score (nSPS) is 13.7. The number of carbonyl (C=O) groups is 1. The van der Waals surface area contributed by atoms with E-state index in [-0.39, 0.29) is 5.91 Å². The Morgan fingerprint density at radius 1 is 1.19 bits per heavy atom. The van der Waals surface area contributed by atoms with Crippen LogP contribution in [0.2, 0.25) is 0 Å². The van der Waals surface area contributed by atoms with Gasteiger partial charge in [-0.15, -0.1) is 11.3 Å². The Bertz CT molecular complexity index is 968. The molecule has 27 heavy (non-hydrogen) atoms. The quantitative estimate of drug-likeness (QED) is 0.621. The Kier molecular flexibility index (Phi) is 4.87. The minimum absolute atomic E-state index is 0.138. The van der Waals surface area contributed by atoms with E-state index in [1.807, 2.05) is 34.7 Å². The summed E-state index contributed by atoms with van der Waals surface area (Å²) < 4.78 is 1.99. The van der Waals surface area contributed by atoms with E-state index in [0.717, 1.165) is 35.4 Å². The van der Waals surface area contributed by atoms with Gasteiger partial charge in [-0.1, -0.05) is 12.1 Å². The maximum absolute atomic E-state index is 13.2. The number of aromatic nitrogens is 2. The van der Waals surface area contributed by atoms with E-state index in [1.165, 1.54) is 9.75 Å². The molecular formula is C22H25N3OS. The topological polar surface area (TPSA) is 38.1 Å². The van der Waals surface area contributed by atoms with Crippen LogP contribution in [-0.2, 0) is 13.1 Å². The lowest BCUT2D eigenvalue weighted by Crippen LogP contribution is -2.32. The summed E-state index contributed by atoms with van der Waals surface area (Å²) in [6.45, 7) is 7.58. The molecule has 2 heterocycles. The predicted molar refractivity (Wildman–Crippen MR) is 109 cm³/mol. The highest BCUT2D eigenvalue weighted by Gasteiger charge is 2.33. The van der Waals surface area contributed by atoms with Gasteiger partial charge >= 0.3 is 0 Å². The number of benzene rings is 1. The molecule has 0 unspecified atom stereocenters. The third-order valence-corrected chi connectivity index (χ3v) is 5.97. The molecule has 140 valence electrons. The summed E-state index contributed by atoms with van der Waals surface area (Å²) in [7, 11) is 0. The van der Waals surface area contributed by atoms with Gasteiger partial charge in [-0.2, -0.15) is 5.10 Å². The van der Waals surface area contributed by atoms with Crippen LogP contribution in [0.4, 0.5) is 0 Å². The molecule has 1 aliphatic rings. The van der Waals surface area contributed by atoms with Gasteiger partial charge in [0.1, 0.15) is 0 Å².